The van der Waals surface area contributed by atoms with Crippen molar-refractivity contribution in [2.24, 2.45) is 0 Å². The lowest BCUT2D eigenvalue weighted by molar-refractivity contribution is 0.340. The number of hydrogen-bond acceptors (Lipinski definition) is 3. The van der Waals surface area contributed by atoms with E-state index in [4.69, 9.17) is 9.47 Å². The van der Waals surface area contributed by atoms with E-state index in [0.717, 1.165) is 22.4 Å². The molecule has 0 unspecified atom stereocenters. The van der Waals surface area contributed by atoms with Gasteiger partial charge >= 0.3 is 0 Å². The molecule has 0 fully saturated rings. The lowest BCUT2D eigenvalue weighted by Crippen LogP contribution is -1.96. The number of fused-ring (bicyclic) bond motifs is 1. The minimum atomic E-state index is 0.639. The Kier molecular flexibility index (Phi) is 3.25. The number of hydrogen-bond donors (Lipinski definition) is 0. The minimum Gasteiger partial charge on any atom is -0.493 e. The summed E-state index contributed by atoms with van der Waals surface area (Å²) >= 11 is 0. The van der Waals surface area contributed by atoms with Crippen molar-refractivity contribution in [1.82, 2.24) is 4.98 Å². The second-order valence-electron chi connectivity index (χ2n) is 3.33. The van der Waals surface area contributed by atoms with E-state index in [1.807, 2.05) is 38.1 Å². The predicted molar refractivity (Wildman–Crippen MR) is 64.1 cm³/mol. The Bertz CT molecular complexity index is 437. The van der Waals surface area contributed by atoms with Gasteiger partial charge in [0.1, 0.15) is 17.0 Å². The van der Waals surface area contributed by atoms with Crippen molar-refractivity contribution in [2.45, 2.75) is 13.8 Å². The van der Waals surface area contributed by atoms with Crippen molar-refractivity contribution in [3.63, 3.8) is 0 Å². The first-order valence-corrected chi connectivity index (χ1v) is 5.50. The van der Waals surface area contributed by atoms with Crippen LogP contribution in [0.3, 0.4) is 0 Å². The normalized spacial score (nSPS) is 10.4. The lowest BCUT2D eigenvalue weighted by atomic mass is 10.2. The Morgan fingerprint density at radius 2 is 1.75 bits per heavy atom. The first kappa shape index (κ1) is 10.7. The quantitative estimate of drug-likeness (QED) is 0.788. The smallest absolute Gasteiger partial charge is 0.145 e. The molecule has 0 spiro atoms. The highest BCUT2D eigenvalue weighted by molar-refractivity contribution is 5.89. The number of para-hydroxylation sites is 1. The number of benzene rings is 1. The molecule has 3 nitrogen and oxygen atoms in total. The monoisotopic (exact) mass is 217 g/mol. The van der Waals surface area contributed by atoms with Gasteiger partial charge in [0, 0.05) is 11.6 Å². The first-order chi connectivity index (χ1) is 7.86. The molecular formula is C13H15NO2. The van der Waals surface area contributed by atoms with Gasteiger partial charge in [-0.05, 0) is 32.0 Å². The Hall–Kier alpha value is -1.77. The molecule has 0 aliphatic rings. The van der Waals surface area contributed by atoms with Crippen LogP contribution in [0.2, 0.25) is 0 Å². The van der Waals surface area contributed by atoms with Crippen molar-refractivity contribution >= 4 is 10.9 Å². The van der Waals surface area contributed by atoms with Gasteiger partial charge in [0.25, 0.3) is 0 Å². The molecule has 0 aliphatic carbocycles. The molecule has 0 radical (unpaired) electrons. The van der Waals surface area contributed by atoms with Crippen LogP contribution in [0, 0.1) is 0 Å². The zero-order valence-electron chi connectivity index (χ0n) is 9.56. The number of rotatable bonds is 4. The van der Waals surface area contributed by atoms with Crippen LogP contribution in [0.1, 0.15) is 13.8 Å². The summed E-state index contributed by atoms with van der Waals surface area (Å²) in [6.45, 7) is 5.22. The van der Waals surface area contributed by atoms with Crippen LogP contribution in [-0.4, -0.2) is 18.2 Å². The summed E-state index contributed by atoms with van der Waals surface area (Å²) in [7, 11) is 0. The van der Waals surface area contributed by atoms with Crippen molar-refractivity contribution in [3.05, 3.63) is 30.5 Å². The summed E-state index contributed by atoms with van der Waals surface area (Å²) in [5.41, 5.74) is 0.857. The molecule has 2 aromatic rings. The van der Waals surface area contributed by atoms with Crippen LogP contribution in [0.5, 0.6) is 11.5 Å². The minimum absolute atomic E-state index is 0.639. The molecule has 84 valence electrons. The van der Waals surface area contributed by atoms with Crippen molar-refractivity contribution in [2.75, 3.05) is 13.2 Å². The predicted octanol–water partition coefficient (Wildman–Crippen LogP) is 3.03. The molecule has 0 bridgehead atoms. The van der Waals surface area contributed by atoms with E-state index in [1.54, 1.807) is 6.20 Å². The fourth-order valence-corrected chi connectivity index (χ4v) is 1.68. The fourth-order valence-electron chi connectivity index (χ4n) is 1.68. The molecule has 1 aromatic carbocycles. The number of aromatic nitrogens is 1. The maximum atomic E-state index is 5.56. The van der Waals surface area contributed by atoms with E-state index in [-0.39, 0.29) is 0 Å². The molecule has 0 amide bonds. The molecule has 2 rings (SSSR count). The highest BCUT2D eigenvalue weighted by Gasteiger charge is 2.06. The Morgan fingerprint density at radius 3 is 2.50 bits per heavy atom. The van der Waals surface area contributed by atoms with Gasteiger partial charge in [0.05, 0.1) is 13.2 Å². The highest BCUT2D eigenvalue weighted by atomic mass is 16.5. The molecule has 0 saturated heterocycles. The Labute approximate surface area is 95.0 Å². The lowest BCUT2D eigenvalue weighted by Gasteiger charge is -2.09. The Balaban J connectivity index is 2.57. The largest absolute Gasteiger partial charge is 0.493 e. The van der Waals surface area contributed by atoms with Gasteiger partial charge < -0.3 is 9.47 Å². The SMILES string of the molecule is CCOc1ccnc2c(OCC)cccc12. The zero-order valence-corrected chi connectivity index (χ0v) is 9.56. The van der Waals surface area contributed by atoms with E-state index < -0.39 is 0 Å². The molecular weight excluding hydrogens is 202 g/mol. The summed E-state index contributed by atoms with van der Waals surface area (Å²) in [5, 5.41) is 0.996. The van der Waals surface area contributed by atoms with Crippen LogP contribution < -0.4 is 9.47 Å². The molecule has 1 aromatic heterocycles. The summed E-state index contributed by atoms with van der Waals surface area (Å²) in [5.74, 6) is 1.66. The number of ether oxygens (including phenoxy) is 2. The fraction of sp³-hybridized carbons (Fsp3) is 0.308. The van der Waals surface area contributed by atoms with Crippen LogP contribution in [-0.2, 0) is 0 Å². The van der Waals surface area contributed by atoms with Crippen LogP contribution in [0.4, 0.5) is 0 Å². The summed E-state index contributed by atoms with van der Waals surface area (Å²) in [4.78, 5) is 4.34. The van der Waals surface area contributed by atoms with Gasteiger partial charge in [0.15, 0.2) is 0 Å². The summed E-state index contributed by atoms with van der Waals surface area (Å²) in [6.07, 6.45) is 1.75. The molecule has 16 heavy (non-hydrogen) atoms. The highest BCUT2D eigenvalue weighted by Crippen LogP contribution is 2.30. The zero-order chi connectivity index (χ0) is 11.4. The van der Waals surface area contributed by atoms with Crippen LogP contribution in [0.25, 0.3) is 10.9 Å². The van der Waals surface area contributed by atoms with Crippen molar-refractivity contribution < 1.29 is 9.47 Å². The third-order valence-electron chi connectivity index (χ3n) is 2.29. The second kappa shape index (κ2) is 4.84. The molecule has 0 saturated carbocycles. The topological polar surface area (TPSA) is 31.4 Å². The Morgan fingerprint density at radius 1 is 1.00 bits per heavy atom. The van der Waals surface area contributed by atoms with E-state index in [2.05, 4.69) is 4.98 Å². The molecule has 1 heterocycles. The van der Waals surface area contributed by atoms with Crippen molar-refractivity contribution in [3.8, 4) is 11.5 Å². The van der Waals surface area contributed by atoms with Crippen molar-refractivity contribution in [1.29, 1.82) is 0 Å². The van der Waals surface area contributed by atoms with Gasteiger partial charge in [-0.3, -0.25) is 4.98 Å². The van der Waals surface area contributed by atoms with Gasteiger partial charge in [-0.1, -0.05) is 6.07 Å². The maximum Gasteiger partial charge on any atom is 0.145 e. The van der Waals surface area contributed by atoms with Crippen LogP contribution in [0.15, 0.2) is 30.5 Å². The van der Waals surface area contributed by atoms with Gasteiger partial charge in [-0.15, -0.1) is 0 Å². The van der Waals surface area contributed by atoms with Gasteiger partial charge in [0.2, 0.25) is 0 Å². The average molecular weight is 217 g/mol. The summed E-state index contributed by atoms with van der Waals surface area (Å²) in [6, 6.07) is 7.75. The van der Waals surface area contributed by atoms with Gasteiger partial charge in [-0.2, -0.15) is 0 Å². The third-order valence-corrected chi connectivity index (χ3v) is 2.29. The summed E-state index contributed by atoms with van der Waals surface area (Å²) < 4.78 is 11.1. The average Bonchev–Trinajstić information content (AvgIpc) is 2.31. The van der Waals surface area contributed by atoms with E-state index in [1.165, 1.54) is 0 Å². The van der Waals surface area contributed by atoms with Gasteiger partial charge in [-0.25, -0.2) is 0 Å². The maximum absolute atomic E-state index is 5.56. The number of nitrogens with zero attached hydrogens (tertiary/aromatic N) is 1. The van der Waals surface area contributed by atoms with E-state index >= 15 is 0 Å². The van der Waals surface area contributed by atoms with Crippen LogP contribution >= 0.6 is 0 Å². The third kappa shape index (κ3) is 1.94. The molecule has 0 aliphatic heterocycles. The standard InChI is InChI=1S/C13H15NO2/c1-3-15-11-8-9-14-13-10(11)6-5-7-12(13)16-4-2/h5-9H,3-4H2,1-2H3. The number of pyridine rings is 1. The van der Waals surface area contributed by atoms with E-state index in [9.17, 15) is 0 Å². The molecule has 0 N–H and O–H groups in total. The molecule has 3 heteroatoms. The first-order valence-electron chi connectivity index (χ1n) is 5.50. The molecule has 0 atom stereocenters. The second-order valence-corrected chi connectivity index (χ2v) is 3.33. The van der Waals surface area contributed by atoms with E-state index in [0.29, 0.717) is 13.2 Å².